The zero-order valence-corrected chi connectivity index (χ0v) is 8.04. The van der Waals surface area contributed by atoms with Gasteiger partial charge in [-0.3, -0.25) is 4.79 Å². The molecule has 2 unspecified atom stereocenters. The number of aliphatic carboxylic acids is 1. The fourth-order valence-corrected chi connectivity index (χ4v) is 0.539. The molecule has 1 saturated heterocycles. The van der Waals surface area contributed by atoms with Crippen LogP contribution in [0.5, 0.6) is 0 Å². The molecule has 0 radical (unpaired) electrons. The van der Waals surface area contributed by atoms with Crippen LogP contribution in [0.25, 0.3) is 0 Å². The van der Waals surface area contributed by atoms with E-state index in [1.807, 2.05) is 13.8 Å². The van der Waals surface area contributed by atoms with E-state index < -0.39 is 5.97 Å². The monoisotopic (exact) mass is 174 g/mol. The normalized spacial score (nSPS) is 22.1. The van der Waals surface area contributed by atoms with Gasteiger partial charge in [0.1, 0.15) is 0 Å². The first-order chi connectivity index (χ1) is 5.56. The van der Waals surface area contributed by atoms with Gasteiger partial charge in [0.2, 0.25) is 0 Å². The van der Waals surface area contributed by atoms with Crippen molar-refractivity contribution in [3.63, 3.8) is 0 Å². The minimum absolute atomic E-state index is 0.302. The van der Waals surface area contributed by atoms with Gasteiger partial charge in [-0.1, -0.05) is 20.3 Å². The zero-order valence-electron chi connectivity index (χ0n) is 8.04. The van der Waals surface area contributed by atoms with Gasteiger partial charge < -0.3 is 9.84 Å². The molecule has 0 saturated carbocycles. The van der Waals surface area contributed by atoms with Crippen LogP contribution in [0.15, 0.2) is 0 Å². The number of rotatable bonds is 3. The average Bonchev–Trinajstić information content (AvgIpc) is 2.71. The Kier molecular flexibility index (Phi) is 5.72. The van der Waals surface area contributed by atoms with Crippen LogP contribution in [0.4, 0.5) is 0 Å². The van der Waals surface area contributed by atoms with Crippen molar-refractivity contribution in [1.82, 2.24) is 0 Å². The molecule has 0 amide bonds. The quantitative estimate of drug-likeness (QED) is 0.665. The second kappa shape index (κ2) is 6.00. The van der Waals surface area contributed by atoms with Crippen molar-refractivity contribution in [2.75, 3.05) is 6.61 Å². The summed E-state index contributed by atoms with van der Waals surface area (Å²) in [5.41, 5.74) is 0. The van der Waals surface area contributed by atoms with Crippen molar-refractivity contribution in [2.24, 2.45) is 5.92 Å². The first-order valence-electron chi connectivity index (χ1n) is 4.39. The zero-order chi connectivity index (χ0) is 9.56. The van der Waals surface area contributed by atoms with E-state index >= 15 is 0 Å². The Bertz CT molecular complexity index is 130. The maximum Gasteiger partial charge on any atom is 0.303 e. The third-order valence-corrected chi connectivity index (χ3v) is 1.72. The molecule has 0 aromatic carbocycles. The van der Waals surface area contributed by atoms with Crippen molar-refractivity contribution in [1.29, 1.82) is 0 Å². The number of ether oxygens (including phenoxy) is 1. The molecular formula is C9H18O3. The van der Waals surface area contributed by atoms with E-state index in [1.165, 1.54) is 0 Å². The van der Waals surface area contributed by atoms with Gasteiger partial charge in [0, 0.05) is 6.42 Å². The topological polar surface area (TPSA) is 49.8 Å². The summed E-state index contributed by atoms with van der Waals surface area (Å²) in [5, 5.41) is 8.22. The third-order valence-electron chi connectivity index (χ3n) is 1.72. The molecule has 1 heterocycles. The van der Waals surface area contributed by atoms with Gasteiger partial charge in [-0.15, -0.1) is 0 Å². The number of hydrogen-bond donors (Lipinski definition) is 1. The molecule has 3 nitrogen and oxygen atoms in total. The first kappa shape index (κ1) is 11.4. The SMILES string of the molecule is CC1CO1.CCC(C)CC(=O)O. The van der Waals surface area contributed by atoms with E-state index in [4.69, 9.17) is 9.84 Å². The second-order valence-electron chi connectivity index (χ2n) is 3.26. The van der Waals surface area contributed by atoms with E-state index in [2.05, 4.69) is 6.92 Å². The van der Waals surface area contributed by atoms with Crippen molar-refractivity contribution < 1.29 is 14.6 Å². The predicted octanol–water partition coefficient (Wildman–Crippen LogP) is 1.91. The van der Waals surface area contributed by atoms with Gasteiger partial charge in [0.15, 0.2) is 0 Å². The van der Waals surface area contributed by atoms with Crippen LogP contribution >= 0.6 is 0 Å². The van der Waals surface area contributed by atoms with Gasteiger partial charge in [-0.25, -0.2) is 0 Å². The minimum Gasteiger partial charge on any atom is -0.481 e. The molecule has 72 valence electrons. The highest BCUT2D eigenvalue weighted by Crippen LogP contribution is 2.04. The molecule has 1 N–H and O–H groups in total. The minimum atomic E-state index is -0.695. The van der Waals surface area contributed by atoms with E-state index in [-0.39, 0.29) is 0 Å². The van der Waals surface area contributed by atoms with Crippen molar-refractivity contribution in [2.45, 2.75) is 39.7 Å². The van der Waals surface area contributed by atoms with Gasteiger partial charge in [0.25, 0.3) is 0 Å². The summed E-state index contributed by atoms with van der Waals surface area (Å²) >= 11 is 0. The Hall–Kier alpha value is -0.570. The average molecular weight is 174 g/mol. The van der Waals surface area contributed by atoms with Crippen molar-refractivity contribution in [3.8, 4) is 0 Å². The molecule has 3 heteroatoms. The highest BCUT2D eigenvalue weighted by molar-refractivity contribution is 5.66. The Balaban J connectivity index is 0.000000247. The molecule has 1 aliphatic rings. The Morgan fingerprint density at radius 2 is 2.17 bits per heavy atom. The smallest absolute Gasteiger partial charge is 0.303 e. The van der Waals surface area contributed by atoms with Crippen molar-refractivity contribution in [3.05, 3.63) is 0 Å². The summed E-state index contributed by atoms with van der Waals surface area (Å²) in [7, 11) is 0. The molecule has 0 bridgehead atoms. The Labute approximate surface area is 73.7 Å². The summed E-state index contributed by atoms with van der Waals surface area (Å²) < 4.78 is 4.71. The molecule has 0 aromatic heterocycles. The molecular weight excluding hydrogens is 156 g/mol. The number of carboxylic acid groups (broad SMARTS) is 1. The van der Waals surface area contributed by atoms with Crippen molar-refractivity contribution >= 4 is 5.97 Å². The lowest BCUT2D eigenvalue weighted by molar-refractivity contribution is -0.137. The van der Waals surface area contributed by atoms with Crippen LogP contribution in [-0.2, 0) is 9.53 Å². The van der Waals surface area contributed by atoms with E-state index in [0.29, 0.717) is 18.4 Å². The van der Waals surface area contributed by atoms with Crippen LogP contribution in [-0.4, -0.2) is 23.8 Å². The van der Waals surface area contributed by atoms with E-state index in [1.54, 1.807) is 0 Å². The lowest BCUT2D eigenvalue weighted by Gasteiger charge is -2.00. The maximum absolute atomic E-state index is 9.97. The number of hydrogen-bond acceptors (Lipinski definition) is 2. The molecule has 0 spiro atoms. The highest BCUT2D eigenvalue weighted by Gasteiger charge is 2.13. The van der Waals surface area contributed by atoms with Crippen LogP contribution in [0.1, 0.15) is 33.6 Å². The van der Waals surface area contributed by atoms with Crippen LogP contribution < -0.4 is 0 Å². The van der Waals surface area contributed by atoms with Crippen LogP contribution in [0, 0.1) is 5.92 Å². The third kappa shape index (κ3) is 9.43. The maximum atomic E-state index is 9.97. The summed E-state index contributed by atoms with van der Waals surface area (Å²) in [6.45, 7) is 6.97. The lowest BCUT2D eigenvalue weighted by atomic mass is 10.1. The Morgan fingerprint density at radius 1 is 1.75 bits per heavy atom. The molecule has 2 atom stereocenters. The largest absolute Gasteiger partial charge is 0.481 e. The molecule has 1 aliphatic heterocycles. The van der Waals surface area contributed by atoms with E-state index in [0.717, 1.165) is 13.0 Å². The molecule has 0 aliphatic carbocycles. The number of carboxylic acids is 1. The number of epoxide rings is 1. The lowest BCUT2D eigenvalue weighted by Crippen LogP contribution is -2.02. The molecule has 1 fully saturated rings. The fraction of sp³-hybridized carbons (Fsp3) is 0.889. The van der Waals surface area contributed by atoms with Crippen LogP contribution in [0.2, 0.25) is 0 Å². The molecule has 1 rings (SSSR count). The molecule has 0 aromatic rings. The van der Waals surface area contributed by atoms with Gasteiger partial charge >= 0.3 is 5.97 Å². The van der Waals surface area contributed by atoms with Gasteiger partial charge in [-0.2, -0.15) is 0 Å². The standard InChI is InChI=1S/C6H12O2.C3H6O/c1-3-5(2)4-6(7)8;1-3-2-4-3/h5H,3-4H2,1-2H3,(H,7,8);3H,2H2,1H3. The van der Waals surface area contributed by atoms with Crippen LogP contribution in [0.3, 0.4) is 0 Å². The predicted molar refractivity (Wildman–Crippen MR) is 47.1 cm³/mol. The fourth-order valence-electron chi connectivity index (χ4n) is 0.539. The summed E-state index contributed by atoms with van der Waals surface area (Å²) in [4.78, 5) is 9.97. The second-order valence-corrected chi connectivity index (χ2v) is 3.26. The van der Waals surface area contributed by atoms with Gasteiger partial charge in [0.05, 0.1) is 12.7 Å². The summed E-state index contributed by atoms with van der Waals surface area (Å²) in [6.07, 6.45) is 1.84. The van der Waals surface area contributed by atoms with E-state index in [9.17, 15) is 4.79 Å². The Morgan fingerprint density at radius 3 is 2.25 bits per heavy atom. The number of carbonyl (C=O) groups is 1. The first-order valence-corrected chi connectivity index (χ1v) is 4.39. The summed E-state index contributed by atoms with van der Waals surface area (Å²) in [5.74, 6) is -0.369. The summed E-state index contributed by atoms with van der Waals surface area (Å²) in [6, 6.07) is 0. The highest BCUT2D eigenvalue weighted by atomic mass is 16.6. The van der Waals surface area contributed by atoms with Gasteiger partial charge in [-0.05, 0) is 12.8 Å². The molecule has 12 heavy (non-hydrogen) atoms.